The van der Waals surface area contributed by atoms with Crippen molar-refractivity contribution >= 4 is 47.3 Å². The summed E-state index contributed by atoms with van der Waals surface area (Å²) in [4.78, 5) is 123. The summed E-state index contributed by atoms with van der Waals surface area (Å²) in [6.07, 6.45) is -2.37. The van der Waals surface area contributed by atoms with Crippen LogP contribution in [0.25, 0.3) is 0 Å². The maximum Gasteiger partial charge on any atom is 0.335 e. The SMILES string of the molecule is CC(C)C[C@@H]1NC(=O)[C@H](NC(=O)c2ncccc2O)OC(=O)[C@@H](c2ccccc2)N(C)C(=O)C(C)NC(=O)[C@@H](C(C)C(C)C)N(C)C(=O)C(C)(C)N(C)C(=O)[C@@H]2CC(O)CN2C1=O. The molecule has 3 heterocycles. The average molecular weight is 879 g/mol. The molecule has 344 valence electrons. The molecule has 0 spiro atoms. The molecule has 1 aromatic carbocycles. The van der Waals surface area contributed by atoms with E-state index in [0.29, 0.717) is 0 Å². The number of esters is 1. The van der Waals surface area contributed by atoms with Gasteiger partial charge in [-0.2, -0.15) is 0 Å². The molecule has 2 fully saturated rings. The lowest BCUT2D eigenvalue weighted by atomic mass is 9.87. The number of aliphatic hydroxyl groups is 1. The fourth-order valence-electron chi connectivity index (χ4n) is 7.80. The molecular weight excluding hydrogens is 817 g/mol. The van der Waals surface area contributed by atoms with Gasteiger partial charge in [-0.1, -0.05) is 65.0 Å². The second kappa shape index (κ2) is 20.4. The van der Waals surface area contributed by atoms with Crippen LogP contribution in [0.15, 0.2) is 48.7 Å². The topological polar surface area (TPSA) is 248 Å². The largest absolute Gasteiger partial charge is 0.505 e. The van der Waals surface area contributed by atoms with Crippen LogP contribution in [0.3, 0.4) is 0 Å². The molecule has 3 unspecified atom stereocenters. The fourth-order valence-corrected chi connectivity index (χ4v) is 7.80. The Morgan fingerprint density at radius 1 is 0.889 bits per heavy atom. The fraction of sp³-hybridized carbons (Fsp3) is 0.568. The van der Waals surface area contributed by atoms with Crippen molar-refractivity contribution in [3.05, 3.63) is 59.9 Å². The van der Waals surface area contributed by atoms with Crippen molar-refractivity contribution in [2.75, 3.05) is 27.7 Å². The molecular formula is C44H62N8O11. The van der Waals surface area contributed by atoms with Gasteiger partial charge in [-0.25, -0.2) is 9.78 Å². The van der Waals surface area contributed by atoms with Crippen LogP contribution in [-0.2, 0) is 38.3 Å². The number of aromatic nitrogens is 1. The van der Waals surface area contributed by atoms with Gasteiger partial charge in [0, 0.05) is 40.3 Å². The van der Waals surface area contributed by atoms with Gasteiger partial charge in [0.2, 0.25) is 29.5 Å². The van der Waals surface area contributed by atoms with Crippen LogP contribution in [0.1, 0.15) is 90.3 Å². The maximum absolute atomic E-state index is 14.6. The van der Waals surface area contributed by atoms with Crippen LogP contribution >= 0.6 is 0 Å². The number of aromatic hydroxyl groups is 1. The van der Waals surface area contributed by atoms with Crippen molar-refractivity contribution in [2.45, 2.75) is 116 Å². The first-order valence-electron chi connectivity index (χ1n) is 21.0. The van der Waals surface area contributed by atoms with E-state index in [1.165, 1.54) is 77.3 Å². The van der Waals surface area contributed by atoms with E-state index in [2.05, 4.69) is 20.9 Å². The molecule has 7 amide bonds. The Hall–Kier alpha value is -6.11. The summed E-state index contributed by atoms with van der Waals surface area (Å²) in [5.74, 6) is -8.58. The van der Waals surface area contributed by atoms with Gasteiger partial charge < -0.3 is 50.5 Å². The molecule has 2 aliphatic heterocycles. The van der Waals surface area contributed by atoms with E-state index >= 15 is 0 Å². The van der Waals surface area contributed by atoms with Gasteiger partial charge >= 0.3 is 5.97 Å². The third-order valence-corrected chi connectivity index (χ3v) is 12.0. The Kier molecular flexibility index (Phi) is 16.0. The smallest absolute Gasteiger partial charge is 0.335 e. The molecule has 19 nitrogen and oxygen atoms in total. The highest BCUT2D eigenvalue weighted by atomic mass is 16.6. The summed E-state index contributed by atoms with van der Waals surface area (Å²) < 4.78 is 5.74. The Balaban J connectivity index is 1.91. The maximum atomic E-state index is 14.6. The minimum atomic E-state index is -2.21. The molecule has 0 radical (unpaired) electrons. The van der Waals surface area contributed by atoms with E-state index < -0.39 is 113 Å². The molecule has 0 bridgehead atoms. The highest BCUT2D eigenvalue weighted by Gasteiger charge is 2.49. The number of nitrogens with one attached hydrogen (secondary N) is 3. The standard InChI is InChI=1S/C44H62N8O11/c1-23(2)20-29-40(59)52-22-28(53)21-30(52)41(60)51(11)44(7,8)43(62)50(10)33(25(5)24(3)4)36(56)46-26(6)39(58)49(9)34(27-16-13-12-14-17-27)42(61)63-38(37(57)47-29)48-35(55)32-31(54)18-15-19-45-32/h12-19,23-26,28-30,33-34,38,53-54H,20-22H2,1-11H3,(H,46,56)(H,47,57)(H,48,55)/t25?,26?,28?,29-,30-,33+,34+,38+/m0/s1. The van der Waals surface area contributed by atoms with Gasteiger partial charge in [0.15, 0.2) is 11.7 Å². The summed E-state index contributed by atoms with van der Waals surface area (Å²) in [5.41, 5.74) is -1.92. The van der Waals surface area contributed by atoms with Crippen molar-refractivity contribution in [3.8, 4) is 5.75 Å². The van der Waals surface area contributed by atoms with E-state index in [4.69, 9.17) is 4.74 Å². The Morgan fingerprint density at radius 3 is 2.11 bits per heavy atom. The molecule has 19 heteroatoms. The number of cyclic esters (lactones) is 1. The van der Waals surface area contributed by atoms with Gasteiger partial charge in [-0.05, 0) is 62.6 Å². The third kappa shape index (κ3) is 11.1. The number of hydrogen-bond donors (Lipinski definition) is 5. The molecule has 63 heavy (non-hydrogen) atoms. The van der Waals surface area contributed by atoms with E-state index in [0.717, 1.165) is 14.7 Å². The van der Waals surface area contributed by atoms with Crippen LogP contribution in [0.2, 0.25) is 0 Å². The summed E-state index contributed by atoms with van der Waals surface area (Å²) in [7, 11) is 4.10. The molecule has 0 aliphatic carbocycles. The van der Waals surface area contributed by atoms with Crippen molar-refractivity contribution in [3.63, 3.8) is 0 Å². The predicted octanol–water partition coefficient (Wildman–Crippen LogP) is 0.953. The number of benzene rings is 1. The minimum absolute atomic E-state index is 0.0173. The first kappa shape index (κ1) is 49.5. The Morgan fingerprint density at radius 2 is 1.52 bits per heavy atom. The van der Waals surface area contributed by atoms with Crippen LogP contribution < -0.4 is 16.0 Å². The number of carbonyl (C=O) groups is 8. The van der Waals surface area contributed by atoms with Crippen molar-refractivity contribution in [1.29, 1.82) is 0 Å². The number of ether oxygens (including phenoxy) is 1. The van der Waals surface area contributed by atoms with E-state index in [-0.39, 0.29) is 36.8 Å². The number of fused-ring (bicyclic) bond motifs is 1. The first-order valence-corrected chi connectivity index (χ1v) is 21.0. The van der Waals surface area contributed by atoms with Gasteiger partial charge in [-0.15, -0.1) is 0 Å². The Labute approximate surface area is 367 Å². The van der Waals surface area contributed by atoms with Crippen LogP contribution in [0.4, 0.5) is 0 Å². The number of likely N-dealkylation sites (N-methyl/N-ethyl adjacent to an activating group) is 3. The zero-order chi connectivity index (χ0) is 47.2. The second-order valence-electron chi connectivity index (χ2n) is 17.7. The summed E-state index contributed by atoms with van der Waals surface area (Å²) in [5, 5.41) is 28.8. The molecule has 1 aromatic heterocycles. The number of aliphatic hydroxyl groups excluding tert-OH is 1. The zero-order valence-corrected chi connectivity index (χ0v) is 37.8. The molecule has 8 atom stereocenters. The normalized spacial score (nSPS) is 26.5. The lowest BCUT2D eigenvalue weighted by Gasteiger charge is -2.43. The third-order valence-electron chi connectivity index (χ3n) is 12.0. The molecule has 5 N–H and O–H groups in total. The highest BCUT2D eigenvalue weighted by molar-refractivity contribution is 6.01. The molecule has 2 aromatic rings. The zero-order valence-electron chi connectivity index (χ0n) is 37.8. The van der Waals surface area contributed by atoms with E-state index in [9.17, 15) is 48.6 Å². The number of amides is 7. The molecule has 2 saturated heterocycles. The van der Waals surface area contributed by atoms with Crippen molar-refractivity contribution < 1.29 is 53.3 Å². The lowest BCUT2D eigenvalue weighted by molar-refractivity contribution is -0.165. The van der Waals surface area contributed by atoms with Crippen LogP contribution in [0, 0.1) is 17.8 Å². The van der Waals surface area contributed by atoms with Gasteiger partial charge in [-0.3, -0.25) is 33.6 Å². The monoisotopic (exact) mass is 878 g/mol. The van der Waals surface area contributed by atoms with Crippen molar-refractivity contribution in [2.24, 2.45) is 17.8 Å². The quantitative estimate of drug-likeness (QED) is 0.244. The van der Waals surface area contributed by atoms with E-state index in [1.807, 2.05) is 13.8 Å². The summed E-state index contributed by atoms with van der Waals surface area (Å²) in [6.45, 7) is 13.1. The molecule has 4 rings (SSSR count). The second-order valence-corrected chi connectivity index (χ2v) is 17.7. The van der Waals surface area contributed by atoms with E-state index in [1.54, 1.807) is 39.0 Å². The predicted molar refractivity (Wildman–Crippen MR) is 228 cm³/mol. The average Bonchev–Trinajstić information content (AvgIpc) is 3.62. The van der Waals surface area contributed by atoms with Crippen LogP contribution in [-0.4, -0.2) is 152 Å². The summed E-state index contributed by atoms with van der Waals surface area (Å²) >= 11 is 0. The number of pyridine rings is 1. The van der Waals surface area contributed by atoms with Crippen molar-refractivity contribution in [1.82, 2.24) is 40.5 Å². The number of hydrogen-bond acceptors (Lipinski definition) is 12. The number of carbonyl (C=O) groups excluding carboxylic acids is 8. The van der Waals surface area contributed by atoms with Gasteiger partial charge in [0.05, 0.1) is 6.10 Å². The van der Waals surface area contributed by atoms with Gasteiger partial charge in [0.25, 0.3) is 18.0 Å². The lowest BCUT2D eigenvalue weighted by Crippen LogP contribution is -2.64. The number of nitrogens with zero attached hydrogens (tertiary/aromatic N) is 5. The number of rotatable bonds is 7. The van der Waals surface area contributed by atoms with Gasteiger partial charge in [0.1, 0.15) is 35.5 Å². The Bertz CT molecular complexity index is 2050. The molecule has 2 aliphatic rings. The first-order chi connectivity index (χ1) is 29.4. The summed E-state index contributed by atoms with van der Waals surface area (Å²) in [6, 6.07) is 3.70. The van der Waals surface area contributed by atoms with Crippen LogP contribution in [0.5, 0.6) is 5.75 Å². The molecule has 0 saturated carbocycles. The highest BCUT2D eigenvalue weighted by Crippen LogP contribution is 2.29. The minimum Gasteiger partial charge on any atom is -0.505 e.